The Labute approximate surface area is 189 Å². The SMILES string of the molecule is CC(C)CC(=O)N1CCC(NC(=O)N2CCCN(C(=O)c3ccccc3Cl)CC2)CC1. The Bertz CT molecular complexity index is 793. The summed E-state index contributed by atoms with van der Waals surface area (Å²) in [6, 6.07) is 7.06. The van der Waals surface area contributed by atoms with Gasteiger partial charge in [0.05, 0.1) is 10.6 Å². The highest BCUT2D eigenvalue weighted by molar-refractivity contribution is 6.33. The summed E-state index contributed by atoms with van der Waals surface area (Å²) in [4.78, 5) is 43.3. The van der Waals surface area contributed by atoms with Gasteiger partial charge < -0.3 is 20.0 Å². The smallest absolute Gasteiger partial charge is 0.317 e. The van der Waals surface area contributed by atoms with Gasteiger partial charge in [-0.1, -0.05) is 37.6 Å². The van der Waals surface area contributed by atoms with Gasteiger partial charge in [-0.05, 0) is 37.3 Å². The van der Waals surface area contributed by atoms with Crippen LogP contribution in [0.25, 0.3) is 0 Å². The zero-order valence-electron chi connectivity index (χ0n) is 18.5. The maximum atomic E-state index is 12.8. The third-order valence-corrected chi connectivity index (χ3v) is 6.26. The molecule has 170 valence electrons. The lowest BCUT2D eigenvalue weighted by Crippen LogP contribution is -2.51. The van der Waals surface area contributed by atoms with Crippen LogP contribution in [0.4, 0.5) is 4.79 Å². The molecule has 0 bridgehead atoms. The molecule has 0 spiro atoms. The molecule has 2 fully saturated rings. The predicted octanol–water partition coefficient (Wildman–Crippen LogP) is 3.23. The topological polar surface area (TPSA) is 73.0 Å². The standard InChI is InChI=1S/C23H33ClN4O3/c1-17(2)16-21(29)26-12-8-18(9-13-26)25-23(31)28-11-5-10-27(14-15-28)22(30)19-6-3-4-7-20(19)24/h3-4,6-7,17-18H,5,8-16H2,1-2H3,(H,25,31). The molecular weight excluding hydrogens is 416 g/mol. The molecule has 0 aromatic heterocycles. The van der Waals surface area contributed by atoms with Crippen LogP contribution in [-0.4, -0.2) is 77.9 Å². The van der Waals surface area contributed by atoms with Crippen LogP contribution < -0.4 is 5.32 Å². The normalized spacial score (nSPS) is 18.1. The molecule has 2 aliphatic rings. The van der Waals surface area contributed by atoms with E-state index in [0.717, 1.165) is 19.3 Å². The van der Waals surface area contributed by atoms with Crippen molar-refractivity contribution in [2.75, 3.05) is 39.3 Å². The molecule has 0 radical (unpaired) electrons. The lowest BCUT2D eigenvalue weighted by molar-refractivity contribution is -0.133. The second-order valence-electron chi connectivity index (χ2n) is 8.82. The van der Waals surface area contributed by atoms with Gasteiger partial charge in [-0.15, -0.1) is 0 Å². The van der Waals surface area contributed by atoms with Crippen molar-refractivity contribution in [1.82, 2.24) is 20.0 Å². The minimum absolute atomic E-state index is 0.0831. The second-order valence-corrected chi connectivity index (χ2v) is 9.22. The molecule has 0 saturated carbocycles. The van der Waals surface area contributed by atoms with E-state index in [9.17, 15) is 14.4 Å². The highest BCUT2D eigenvalue weighted by Gasteiger charge is 2.27. The van der Waals surface area contributed by atoms with Crippen LogP contribution in [0, 0.1) is 5.92 Å². The van der Waals surface area contributed by atoms with Crippen molar-refractivity contribution in [1.29, 1.82) is 0 Å². The van der Waals surface area contributed by atoms with Gasteiger partial charge in [-0.2, -0.15) is 0 Å². The van der Waals surface area contributed by atoms with Crippen LogP contribution in [0.3, 0.4) is 0 Å². The highest BCUT2D eigenvalue weighted by Crippen LogP contribution is 2.19. The molecule has 1 aromatic carbocycles. The maximum Gasteiger partial charge on any atom is 0.317 e. The van der Waals surface area contributed by atoms with Gasteiger partial charge in [0.2, 0.25) is 5.91 Å². The van der Waals surface area contributed by atoms with Crippen molar-refractivity contribution in [3.05, 3.63) is 34.9 Å². The quantitative estimate of drug-likeness (QED) is 0.768. The number of hydrogen-bond acceptors (Lipinski definition) is 3. The minimum Gasteiger partial charge on any atom is -0.343 e. The van der Waals surface area contributed by atoms with Gasteiger partial charge in [0.15, 0.2) is 0 Å². The summed E-state index contributed by atoms with van der Waals surface area (Å²) in [6.07, 6.45) is 2.86. The molecule has 7 nitrogen and oxygen atoms in total. The van der Waals surface area contributed by atoms with Crippen molar-refractivity contribution in [3.8, 4) is 0 Å². The molecule has 2 heterocycles. The summed E-state index contributed by atoms with van der Waals surface area (Å²) >= 11 is 6.17. The number of carbonyl (C=O) groups excluding carboxylic acids is 3. The first-order valence-corrected chi connectivity index (χ1v) is 11.6. The Morgan fingerprint density at radius 1 is 0.968 bits per heavy atom. The largest absolute Gasteiger partial charge is 0.343 e. The van der Waals surface area contributed by atoms with E-state index in [2.05, 4.69) is 19.2 Å². The van der Waals surface area contributed by atoms with Crippen molar-refractivity contribution >= 4 is 29.4 Å². The molecule has 0 atom stereocenters. The number of carbonyl (C=O) groups is 3. The monoisotopic (exact) mass is 448 g/mol. The Morgan fingerprint density at radius 2 is 1.61 bits per heavy atom. The van der Waals surface area contributed by atoms with Crippen LogP contribution in [-0.2, 0) is 4.79 Å². The van der Waals surface area contributed by atoms with E-state index in [1.807, 2.05) is 4.90 Å². The average molecular weight is 449 g/mol. The molecule has 2 aliphatic heterocycles. The van der Waals surface area contributed by atoms with E-state index >= 15 is 0 Å². The number of likely N-dealkylation sites (tertiary alicyclic amines) is 1. The van der Waals surface area contributed by atoms with E-state index in [1.54, 1.807) is 34.1 Å². The Balaban J connectivity index is 1.46. The fraction of sp³-hybridized carbons (Fsp3) is 0.609. The first-order chi connectivity index (χ1) is 14.8. The van der Waals surface area contributed by atoms with Gasteiger partial charge in [0, 0.05) is 51.7 Å². The van der Waals surface area contributed by atoms with Gasteiger partial charge in [-0.25, -0.2) is 4.79 Å². The van der Waals surface area contributed by atoms with E-state index in [0.29, 0.717) is 62.2 Å². The number of rotatable bonds is 4. The number of halogens is 1. The maximum absolute atomic E-state index is 12.8. The summed E-state index contributed by atoms with van der Waals surface area (Å²) in [6.45, 7) is 7.68. The third-order valence-electron chi connectivity index (χ3n) is 5.93. The molecule has 0 aliphatic carbocycles. The van der Waals surface area contributed by atoms with Crippen LogP contribution in [0.1, 0.15) is 49.9 Å². The predicted molar refractivity (Wildman–Crippen MR) is 121 cm³/mol. The first kappa shape index (κ1) is 23.4. The fourth-order valence-corrected chi connectivity index (χ4v) is 4.36. The molecule has 31 heavy (non-hydrogen) atoms. The summed E-state index contributed by atoms with van der Waals surface area (Å²) < 4.78 is 0. The van der Waals surface area contributed by atoms with Gasteiger partial charge >= 0.3 is 6.03 Å². The Hall–Kier alpha value is -2.28. The average Bonchev–Trinajstić information content (AvgIpc) is 3.00. The van der Waals surface area contributed by atoms with Gasteiger partial charge in [0.1, 0.15) is 0 Å². The molecular formula is C23H33ClN4O3. The molecule has 8 heteroatoms. The van der Waals surface area contributed by atoms with Crippen LogP contribution in [0.15, 0.2) is 24.3 Å². The van der Waals surface area contributed by atoms with Crippen molar-refractivity contribution in [3.63, 3.8) is 0 Å². The zero-order chi connectivity index (χ0) is 22.4. The third kappa shape index (κ3) is 6.35. The molecule has 1 N–H and O–H groups in total. The van der Waals surface area contributed by atoms with E-state index in [4.69, 9.17) is 11.6 Å². The highest BCUT2D eigenvalue weighted by atomic mass is 35.5. The molecule has 0 unspecified atom stereocenters. The van der Waals surface area contributed by atoms with E-state index in [-0.39, 0.29) is 23.9 Å². The van der Waals surface area contributed by atoms with Crippen molar-refractivity contribution in [2.24, 2.45) is 5.92 Å². The Morgan fingerprint density at radius 3 is 2.29 bits per heavy atom. The van der Waals surface area contributed by atoms with Crippen molar-refractivity contribution in [2.45, 2.75) is 45.6 Å². The summed E-state index contributed by atoms with van der Waals surface area (Å²) in [5.41, 5.74) is 0.501. The summed E-state index contributed by atoms with van der Waals surface area (Å²) in [5.74, 6) is 0.471. The summed E-state index contributed by atoms with van der Waals surface area (Å²) in [5, 5.41) is 3.57. The number of amides is 4. The van der Waals surface area contributed by atoms with E-state index in [1.165, 1.54) is 0 Å². The molecule has 2 saturated heterocycles. The minimum atomic E-state index is -0.0914. The number of piperidine rings is 1. The number of benzene rings is 1. The molecule has 4 amide bonds. The number of nitrogens with zero attached hydrogens (tertiary/aromatic N) is 3. The molecule has 1 aromatic rings. The summed E-state index contributed by atoms with van der Waals surface area (Å²) in [7, 11) is 0. The van der Waals surface area contributed by atoms with Crippen LogP contribution in [0.2, 0.25) is 5.02 Å². The van der Waals surface area contributed by atoms with E-state index < -0.39 is 0 Å². The lowest BCUT2D eigenvalue weighted by Gasteiger charge is -2.34. The fourth-order valence-electron chi connectivity index (χ4n) is 4.15. The zero-order valence-corrected chi connectivity index (χ0v) is 19.2. The molecule has 3 rings (SSSR count). The van der Waals surface area contributed by atoms with Gasteiger partial charge in [-0.3, -0.25) is 9.59 Å². The number of hydrogen-bond donors (Lipinski definition) is 1. The van der Waals surface area contributed by atoms with Crippen molar-refractivity contribution < 1.29 is 14.4 Å². The van der Waals surface area contributed by atoms with Crippen LogP contribution >= 0.6 is 11.6 Å². The van der Waals surface area contributed by atoms with Crippen LogP contribution in [0.5, 0.6) is 0 Å². The number of nitrogens with one attached hydrogen (secondary N) is 1. The first-order valence-electron chi connectivity index (χ1n) is 11.2. The van der Waals surface area contributed by atoms with Gasteiger partial charge in [0.25, 0.3) is 5.91 Å². The number of urea groups is 1. The second kappa shape index (κ2) is 10.8. The lowest BCUT2D eigenvalue weighted by atomic mass is 10.0. The Kier molecular flexibility index (Phi) is 8.18.